The van der Waals surface area contributed by atoms with Gasteiger partial charge < -0.3 is 15.5 Å². The zero-order chi connectivity index (χ0) is 21.9. The SMILES string of the molecule is CCNC(=NCCCCN1CCN(c2cccc(C)c2)CC1)NCCc1csc(C)n1.I. The normalized spacial score (nSPS) is 14.8. The zero-order valence-corrected chi connectivity index (χ0v) is 22.9. The lowest BCUT2D eigenvalue weighted by molar-refractivity contribution is 0.253. The molecule has 32 heavy (non-hydrogen) atoms. The highest BCUT2D eigenvalue weighted by atomic mass is 127. The molecule has 2 aromatic rings. The zero-order valence-electron chi connectivity index (χ0n) is 19.8. The summed E-state index contributed by atoms with van der Waals surface area (Å²) in [6.07, 6.45) is 3.26. The Morgan fingerprint density at radius 3 is 2.62 bits per heavy atom. The van der Waals surface area contributed by atoms with Crippen LogP contribution in [0, 0.1) is 13.8 Å². The van der Waals surface area contributed by atoms with Crippen LogP contribution in [0.2, 0.25) is 0 Å². The van der Waals surface area contributed by atoms with Crippen LogP contribution in [-0.2, 0) is 6.42 Å². The number of aryl methyl sites for hydroxylation is 2. The van der Waals surface area contributed by atoms with Crippen molar-refractivity contribution in [2.75, 3.05) is 57.3 Å². The van der Waals surface area contributed by atoms with Gasteiger partial charge in [0.15, 0.2) is 5.96 Å². The molecule has 1 aromatic carbocycles. The van der Waals surface area contributed by atoms with Gasteiger partial charge in [-0.2, -0.15) is 0 Å². The molecule has 0 atom stereocenters. The minimum absolute atomic E-state index is 0. The summed E-state index contributed by atoms with van der Waals surface area (Å²) < 4.78 is 0. The first-order chi connectivity index (χ1) is 15.1. The third-order valence-corrected chi connectivity index (χ3v) is 6.40. The highest BCUT2D eigenvalue weighted by Gasteiger charge is 2.16. The molecule has 1 aliphatic heterocycles. The number of benzene rings is 1. The Hall–Kier alpha value is -1.39. The number of piperazine rings is 1. The van der Waals surface area contributed by atoms with Crippen molar-refractivity contribution in [3.05, 3.63) is 45.9 Å². The van der Waals surface area contributed by atoms with Gasteiger partial charge in [0.25, 0.3) is 0 Å². The molecule has 8 heteroatoms. The van der Waals surface area contributed by atoms with Crippen molar-refractivity contribution in [1.82, 2.24) is 20.5 Å². The largest absolute Gasteiger partial charge is 0.369 e. The molecule has 1 aromatic heterocycles. The number of aliphatic imine (C=N–C) groups is 1. The fourth-order valence-electron chi connectivity index (χ4n) is 3.87. The molecular formula is C24H39IN6S. The van der Waals surface area contributed by atoms with Gasteiger partial charge in [0.2, 0.25) is 0 Å². The summed E-state index contributed by atoms with van der Waals surface area (Å²) >= 11 is 1.71. The number of hydrogen-bond acceptors (Lipinski definition) is 5. The van der Waals surface area contributed by atoms with Gasteiger partial charge in [0.1, 0.15) is 0 Å². The average molecular weight is 571 g/mol. The number of guanidine groups is 1. The summed E-state index contributed by atoms with van der Waals surface area (Å²) in [7, 11) is 0. The van der Waals surface area contributed by atoms with Crippen molar-refractivity contribution in [3.63, 3.8) is 0 Å². The van der Waals surface area contributed by atoms with Gasteiger partial charge in [-0.1, -0.05) is 12.1 Å². The van der Waals surface area contributed by atoms with Crippen LogP contribution in [-0.4, -0.2) is 68.2 Å². The van der Waals surface area contributed by atoms with Crippen molar-refractivity contribution in [3.8, 4) is 0 Å². The summed E-state index contributed by atoms with van der Waals surface area (Å²) in [4.78, 5) is 14.4. The van der Waals surface area contributed by atoms with E-state index in [-0.39, 0.29) is 24.0 Å². The lowest BCUT2D eigenvalue weighted by Gasteiger charge is -2.36. The van der Waals surface area contributed by atoms with Crippen LogP contribution in [0.4, 0.5) is 5.69 Å². The molecule has 2 N–H and O–H groups in total. The van der Waals surface area contributed by atoms with Gasteiger partial charge in [0, 0.05) is 63.3 Å². The van der Waals surface area contributed by atoms with E-state index >= 15 is 0 Å². The standard InChI is InChI=1S/C24H38N6S.HI/c1-4-25-24(27-12-10-22-19-31-21(3)28-22)26-11-5-6-13-29-14-16-30(17-15-29)23-9-7-8-20(2)18-23;/h7-9,18-19H,4-6,10-17H2,1-3H3,(H2,25,26,27);1H. The number of thiazole rings is 1. The number of anilines is 1. The number of hydrogen-bond donors (Lipinski definition) is 2. The van der Waals surface area contributed by atoms with Crippen LogP contribution < -0.4 is 15.5 Å². The van der Waals surface area contributed by atoms with Gasteiger partial charge >= 0.3 is 0 Å². The van der Waals surface area contributed by atoms with Gasteiger partial charge in [-0.3, -0.25) is 9.89 Å². The number of nitrogens with zero attached hydrogens (tertiary/aromatic N) is 4. The van der Waals surface area contributed by atoms with Crippen molar-refractivity contribution in [2.45, 2.75) is 40.0 Å². The molecule has 0 unspecified atom stereocenters. The van der Waals surface area contributed by atoms with Crippen molar-refractivity contribution < 1.29 is 0 Å². The second-order valence-electron chi connectivity index (χ2n) is 8.17. The number of unbranched alkanes of at least 4 members (excludes halogenated alkanes) is 1. The minimum Gasteiger partial charge on any atom is -0.369 e. The second-order valence-corrected chi connectivity index (χ2v) is 9.23. The molecule has 0 radical (unpaired) electrons. The second kappa shape index (κ2) is 14.7. The Morgan fingerprint density at radius 2 is 1.94 bits per heavy atom. The molecule has 0 bridgehead atoms. The van der Waals surface area contributed by atoms with Crippen LogP contribution in [0.5, 0.6) is 0 Å². The van der Waals surface area contributed by atoms with E-state index in [1.807, 2.05) is 0 Å². The van der Waals surface area contributed by atoms with Crippen LogP contribution in [0.25, 0.3) is 0 Å². The number of nitrogens with one attached hydrogen (secondary N) is 2. The van der Waals surface area contributed by atoms with E-state index in [9.17, 15) is 0 Å². The molecule has 178 valence electrons. The maximum atomic E-state index is 4.74. The first kappa shape index (κ1) is 26.9. The summed E-state index contributed by atoms with van der Waals surface area (Å²) in [5, 5.41) is 10.0. The Kier molecular flexibility index (Phi) is 12.3. The molecule has 1 aliphatic rings. The van der Waals surface area contributed by atoms with E-state index < -0.39 is 0 Å². The summed E-state index contributed by atoms with van der Waals surface area (Å²) in [5.74, 6) is 0.918. The van der Waals surface area contributed by atoms with Crippen molar-refractivity contribution in [1.29, 1.82) is 0 Å². The summed E-state index contributed by atoms with van der Waals surface area (Å²) in [6.45, 7) is 14.7. The quantitative estimate of drug-likeness (QED) is 0.195. The van der Waals surface area contributed by atoms with E-state index in [1.54, 1.807) is 11.3 Å². The molecule has 6 nitrogen and oxygen atoms in total. The lowest BCUT2D eigenvalue weighted by Crippen LogP contribution is -2.46. The Bertz CT molecular complexity index is 816. The van der Waals surface area contributed by atoms with Gasteiger partial charge in [-0.15, -0.1) is 35.3 Å². The average Bonchev–Trinajstić information content (AvgIpc) is 3.19. The summed E-state index contributed by atoms with van der Waals surface area (Å²) in [6, 6.07) is 8.85. The van der Waals surface area contributed by atoms with Crippen LogP contribution in [0.15, 0.2) is 34.6 Å². The minimum atomic E-state index is 0. The molecule has 0 saturated carbocycles. The number of aromatic nitrogens is 1. The maximum absolute atomic E-state index is 4.74. The molecule has 3 rings (SSSR count). The Balaban J connectivity index is 0.00000363. The van der Waals surface area contributed by atoms with Crippen molar-refractivity contribution in [2.24, 2.45) is 4.99 Å². The highest BCUT2D eigenvalue weighted by molar-refractivity contribution is 14.0. The lowest BCUT2D eigenvalue weighted by atomic mass is 10.2. The van der Waals surface area contributed by atoms with Crippen molar-refractivity contribution >= 4 is 47.0 Å². The van der Waals surface area contributed by atoms with Crippen LogP contribution >= 0.6 is 35.3 Å². The van der Waals surface area contributed by atoms with E-state index in [4.69, 9.17) is 4.99 Å². The Labute approximate surface area is 214 Å². The number of halogens is 1. The van der Waals surface area contributed by atoms with E-state index in [0.717, 1.165) is 75.3 Å². The predicted molar refractivity (Wildman–Crippen MR) is 149 cm³/mol. The smallest absolute Gasteiger partial charge is 0.191 e. The molecule has 1 fully saturated rings. The highest BCUT2D eigenvalue weighted by Crippen LogP contribution is 2.18. The van der Waals surface area contributed by atoms with Crippen LogP contribution in [0.1, 0.15) is 36.0 Å². The molecule has 1 saturated heterocycles. The molecule has 0 spiro atoms. The van der Waals surface area contributed by atoms with E-state index in [0.29, 0.717) is 0 Å². The van der Waals surface area contributed by atoms with E-state index in [1.165, 1.54) is 24.2 Å². The van der Waals surface area contributed by atoms with Gasteiger partial charge in [0.05, 0.1) is 10.7 Å². The predicted octanol–water partition coefficient (Wildman–Crippen LogP) is 4.08. The topological polar surface area (TPSA) is 55.8 Å². The maximum Gasteiger partial charge on any atom is 0.191 e. The molecule has 0 aliphatic carbocycles. The van der Waals surface area contributed by atoms with Crippen LogP contribution in [0.3, 0.4) is 0 Å². The first-order valence-electron chi connectivity index (χ1n) is 11.6. The third kappa shape index (κ3) is 9.23. The van der Waals surface area contributed by atoms with Gasteiger partial charge in [-0.25, -0.2) is 4.98 Å². The number of rotatable bonds is 10. The first-order valence-corrected chi connectivity index (χ1v) is 12.5. The molecule has 0 amide bonds. The molecule has 2 heterocycles. The van der Waals surface area contributed by atoms with E-state index in [2.05, 4.69) is 75.8 Å². The Morgan fingerprint density at radius 1 is 1.12 bits per heavy atom. The fraction of sp³-hybridized carbons (Fsp3) is 0.583. The summed E-state index contributed by atoms with van der Waals surface area (Å²) in [5.41, 5.74) is 3.86. The fourth-order valence-corrected chi connectivity index (χ4v) is 4.51. The molecular weight excluding hydrogens is 531 g/mol. The van der Waals surface area contributed by atoms with Gasteiger partial charge in [-0.05, 0) is 57.9 Å². The monoisotopic (exact) mass is 570 g/mol. The third-order valence-electron chi connectivity index (χ3n) is 5.58.